The van der Waals surface area contributed by atoms with Gasteiger partial charge in [0.1, 0.15) is 5.75 Å². The maximum atomic E-state index is 9.86. The maximum absolute atomic E-state index is 9.86. The molecule has 1 aliphatic heterocycles. The highest BCUT2D eigenvalue weighted by atomic mass is 16.5. The number of hydrogen-bond acceptors (Lipinski definition) is 5. The fourth-order valence-corrected chi connectivity index (χ4v) is 3.08. The summed E-state index contributed by atoms with van der Waals surface area (Å²) in [6.45, 7) is 6.03. The third kappa shape index (κ3) is 3.61. The Bertz CT molecular complexity index is 883. The van der Waals surface area contributed by atoms with Crippen molar-refractivity contribution < 1.29 is 9.84 Å². The minimum atomic E-state index is 0.211. The zero-order valence-electron chi connectivity index (χ0n) is 14.8. The van der Waals surface area contributed by atoms with Gasteiger partial charge in [-0.25, -0.2) is 9.67 Å². The first-order valence-electron chi connectivity index (χ1n) is 8.81. The molecular formula is C20H22N4O2. The molecule has 0 saturated carbocycles. The first-order chi connectivity index (χ1) is 12.7. The van der Waals surface area contributed by atoms with Gasteiger partial charge >= 0.3 is 0 Å². The Hall–Kier alpha value is -2.70. The largest absolute Gasteiger partial charge is 0.508 e. The van der Waals surface area contributed by atoms with Gasteiger partial charge in [-0.3, -0.25) is 4.90 Å². The highest BCUT2D eigenvalue weighted by molar-refractivity contribution is 5.59. The molecule has 6 heteroatoms. The van der Waals surface area contributed by atoms with Gasteiger partial charge in [0, 0.05) is 24.7 Å². The minimum Gasteiger partial charge on any atom is -0.508 e. The second-order valence-corrected chi connectivity index (χ2v) is 6.54. The Morgan fingerprint density at radius 3 is 2.58 bits per heavy atom. The third-order valence-electron chi connectivity index (χ3n) is 4.50. The number of ether oxygens (including phenoxy) is 1. The van der Waals surface area contributed by atoms with Crippen molar-refractivity contribution in [3.63, 3.8) is 0 Å². The molecule has 0 amide bonds. The Kier molecular flexibility index (Phi) is 4.69. The lowest BCUT2D eigenvalue weighted by Crippen LogP contribution is -2.36. The van der Waals surface area contributed by atoms with Gasteiger partial charge in [-0.2, -0.15) is 0 Å². The predicted molar refractivity (Wildman–Crippen MR) is 99.3 cm³/mol. The lowest BCUT2D eigenvalue weighted by atomic mass is 10.1. The summed E-state index contributed by atoms with van der Waals surface area (Å²) in [7, 11) is 0. The first-order valence-corrected chi connectivity index (χ1v) is 8.81. The van der Waals surface area contributed by atoms with E-state index in [2.05, 4.69) is 36.1 Å². The summed E-state index contributed by atoms with van der Waals surface area (Å²) in [4.78, 5) is 7.09. The van der Waals surface area contributed by atoms with Crippen LogP contribution in [0.1, 0.15) is 11.4 Å². The van der Waals surface area contributed by atoms with Crippen molar-refractivity contribution in [3.05, 3.63) is 59.9 Å². The molecule has 1 N–H and O–H groups in total. The molecule has 1 fully saturated rings. The van der Waals surface area contributed by atoms with Crippen molar-refractivity contribution in [3.8, 4) is 22.8 Å². The van der Waals surface area contributed by atoms with Gasteiger partial charge < -0.3 is 9.84 Å². The molecule has 0 radical (unpaired) electrons. The van der Waals surface area contributed by atoms with E-state index in [9.17, 15) is 5.11 Å². The molecule has 0 spiro atoms. The number of hydrogen-bond donors (Lipinski definition) is 1. The summed E-state index contributed by atoms with van der Waals surface area (Å²) in [5.74, 6) is 1.76. The second kappa shape index (κ2) is 7.27. The van der Waals surface area contributed by atoms with E-state index in [1.807, 2.05) is 12.1 Å². The van der Waals surface area contributed by atoms with Crippen LogP contribution in [0.3, 0.4) is 0 Å². The van der Waals surface area contributed by atoms with Crippen LogP contribution >= 0.6 is 0 Å². The molecular weight excluding hydrogens is 328 g/mol. The number of aromatic hydroxyl groups is 1. The second-order valence-electron chi connectivity index (χ2n) is 6.54. The summed E-state index contributed by atoms with van der Waals surface area (Å²) in [6, 6.07) is 15.3. The zero-order chi connectivity index (χ0) is 17.9. The van der Waals surface area contributed by atoms with Crippen LogP contribution in [0.15, 0.2) is 48.5 Å². The quantitative estimate of drug-likeness (QED) is 0.784. The van der Waals surface area contributed by atoms with Crippen LogP contribution in [0.2, 0.25) is 0 Å². The van der Waals surface area contributed by atoms with E-state index in [4.69, 9.17) is 14.8 Å². The fraction of sp³-hybridized carbons (Fsp3) is 0.300. The van der Waals surface area contributed by atoms with Crippen LogP contribution < -0.4 is 0 Å². The van der Waals surface area contributed by atoms with Crippen LogP contribution in [-0.2, 0) is 11.3 Å². The summed E-state index contributed by atoms with van der Waals surface area (Å²) < 4.78 is 7.22. The number of aromatic nitrogens is 3. The van der Waals surface area contributed by atoms with Crippen molar-refractivity contribution in [1.29, 1.82) is 0 Å². The number of nitrogens with zero attached hydrogens (tertiary/aromatic N) is 4. The van der Waals surface area contributed by atoms with E-state index in [0.717, 1.165) is 49.2 Å². The SMILES string of the molecule is Cc1ccc(-c2nc(CN3CCOCC3)nn2-c2cccc(O)c2)cc1. The van der Waals surface area contributed by atoms with Gasteiger partial charge in [0.15, 0.2) is 11.6 Å². The summed E-state index contributed by atoms with van der Waals surface area (Å²) in [5, 5.41) is 14.6. The Morgan fingerprint density at radius 2 is 1.85 bits per heavy atom. The van der Waals surface area contributed by atoms with E-state index < -0.39 is 0 Å². The molecule has 1 saturated heterocycles. The summed E-state index contributed by atoms with van der Waals surface area (Å²) >= 11 is 0. The number of benzene rings is 2. The normalized spacial score (nSPS) is 15.3. The van der Waals surface area contributed by atoms with Crippen LogP contribution in [0.25, 0.3) is 17.1 Å². The predicted octanol–water partition coefficient (Wildman–Crippen LogP) is 2.78. The van der Waals surface area contributed by atoms with Gasteiger partial charge in [0.25, 0.3) is 0 Å². The van der Waals surface area contributed by atoms with Gasteiger partial charge in [-0.05, 0) is 19.1 Å². The molecule has 1 aromatic heterocycles. The molecule has 0 bridgehead atoms. The van der Waals surface area contributed by atoms with Crippen molar-refractivity contribution in [2.24, 2.45) is 0 Å². The molecule has 2 heterocycles. The van der Waals surface area contributed by atoms with Crippen LogP contribution in [0, 0.1) is 6.92 Å². The minimum absolute atomic E-state index is 0.211. The van der Waals surface area contributed by atoms with Crippen molar-refractivity contribution >= 4 is 0 Å². The van der Waals surface area contributed by atoms with E-state index in [-0.39, 0.29) is 5.75 Å². The third-order valence-corrected chi connectivity index (χ3v) is 4.50. The zero-order valence-corrected chi connectivity index (χ0v) is 14.8. The van der Waals surface area contributed by atoms with E-state index in [0.29, 0.717) is 6.54 Å². The molecule has 0 unspecified atom stereocenters. The van der Waals surface area contributed by atoms with Gasteiger partial charge in [-0.1, -0.05) is 35.9 Å². The highest BCUT2D eigenvalue weighted by Crippen LogP contribution is 2.24. The Balaban J connectivity index is 1.73. The summed E-state index contributed by atoms with van der Waals surface area (Å²) in [6.07, 6.45) is 0. The average molecular weight is 350 g/mol. The fourth-order valence-electron chi connectivity index (χ4n) is 3.08. The topological polar surface area (TPSA) is 63.4 Å². The van der Waals surface area contributed by atoms with Crippen molar-refractivity contribution in [2.75, 3.05) is 26.3 Å². The van der Waals surface area contributed by atoms with Crippen molar-refractivity contribution in [1.82, 2.24) is 19.7 Å². The van der Waals surface area contributed by atoms with Crippen molar-refractivity contribution in [2.45, 2.75) is 13.5 Å². The number of rotatable bonds is 4. The average Bonchev–Trinajstić information content (AvgIpc) is 3.07. The van der Waals surface area contributed by atoms with E-state index in [1.54, 1.807) is 16.8 Å². The monoisotopic (exact) mass is 350 g/mol. The van der Waals surface area contributed by atoms with Crippen LogP contribution in [0.5, 0.6) is 5.75 Å². The van der Waals surface area contributed by atoms with Gasteiger partial charge in [0.05, 0.1) is 25.4 Å². The lowest BCUT2D eigenvalue weighted by Gasteiger charge is -2.25. The highest BCUT2D eigenvalue weighted by Gasteiger charge is 2.18. The van der Waals surface area contributed by atoms with E-state index in [1.165, 1.54) is 5.56 Å². The number of aryl methyl sites for hydroxylation is 1. The van der Waals surface area contributed by atoms with Crippen LogP contribution in [-0.4, -0.2) is 51.1 Å². The molecule has 0 aliphatic carbocycles. The first kappa shape index (κ1) is 16.8. The molecule has 1 aliphatic rings. The Labute approximate surface area is 152 Å². The molecule has 2 aromatic carbocycles. The number of phenolic OH excluding ortho intramolecular Hbond substituents is 1. The molecule has 26 heavy (non-hydrogen) atoms. The molecule has 6 nitrogen and oxygen atoms in total. The van der Waals surface area contributed by atoms with Gasteiger partial charge in [-0.15, -0.1) is 5.10 Å². The maximum Gasteiger partial charge on any atom is 0.165 e. The lowest BCUT2D eigenvalue weighted by molar-refractivity contribution is 0.0331. The van der Waals surface area contributed by atoms with Gasteiger partial charge in [0.2, 0.25) is 0 Å². The van der Waals surface area contributed by atoms with E-state index >= 15 is 0 Å². The van der Waals surface area contributed by atoms with Crippen LogP contribution in [0.4, 0.5) is 0 Å². The molecule has 0 atom stereocenters. The molecule has 134 valence electrons. The summed E-state index contributed by atoms with van der Waals surface area (Å²) in [5.41, 5.74) is 2.99. The molecule has 3 aromatic rings. The number of morpholine rings is 1. The molecule has 4 rings (SSSR count). The number of phenols is 1. The smallest absolute Gasteiger partial charge is 0.165 e. The standard InChI is InChI=1S/C20H22N4O2/c1-15-5-7-16(8-6-15)20-21-19(14-23-9-11-26-12-10-23)22-24(20)17-3-2-4-18(25)13-17/h2-8,13,25H,9-12,14H2,1H3. The Morgan fingerprint density at radius 1 is 1.08 bits per heavy atom.